The molecule has 0 saturated heterocycles. The highest BCUT2D eigenvalue weighted by Crippen LogP contribution is 2.25. The lowest BCUT2D eigenvalue weighted by atomic mass is 10.2. The minimum Gasteiger partial charge on any atom is -0.333 e. The minimum atomic E-state index is 0.109. The quantitative estimate of drug-likeness (QED) is 0.937. The molecule has 2 aromatic rings. The molecule has 0 aliphatic heterocycles. The molecule has 3 nitrogen and oxygen atoms in total. The smallest absolute Gasteiger partial charge is 0.0952 e. The highest BCUT2D eigenvalue weighted by Gasteiger charge is 2.07. The van der Waals surface area contributed by atoms with Crippen LogP contribution in [-0.4, -0.2) is 15.6 Å². The summed E-state index contributed by atoms with van der Waals surface area (Å²) >= 11 is 12.3. The number of halogens is 2. The van der Waals surface area contributed by atoms with Crippen molar-refractivity contribution >= 4 is 23.2 Å². The van der Waals surface area contributed by atoms with Crippen LogP contribution in [-0.2, 0) is 13.0 Å². The maximum absolute atomic E-state index is 6.13. The third kappa shape index (κ3) is 3.25. The molecule has 0 bridgehead atoms. The van der Waals surface area contributed by atoms with Gasteiger partial charge in [0.15, 0.2) is 0 Å². The fourth-order valence-corrected chi connectivity index (χ4v) is 2.31. The highest BCUT2D eigenvalue weighted by molar-refractivity contribution is 6.35. The molecule has 5 heteroatoms. The van der Waals surface area contributed by atoms with Crippen molar-refractivity contribution in [3.05, 3.63) is 52.0 Å². The van der Waals surface area contributed by atoms with Crippen molar-refractivity contribution in [1.29, 1.82) is 0 Å². The predicted octanol–water partition coefficient (Wildman–Crippen LogP) is 3.13. The Kier molecular flexibility index (Phi) is 4.27. The van der Waals surface area contributed by atoms with E-state index in [9.17, 15) is 0 Å². The van der Waals surface area contributed by atoms with E-state index in [2.05, 4.69) is 4.98 Å². The molecule has 0 spiro atoms. The summed E-state index contributed by atoms with van der Waals surface area (Å²) in [5, 5.41) is 1.34. The molecule has 0 radical (unpaired) electrons. The van der Waals surface area contributed by atoms with Crippen molar-refractivity contribution < 1.29 is 0 Å². The van der Waals surface area contributed by atoms with Gasteiger partial charge in [-0.2, -0.15) is 0 Å². The topological polar surface area (TPSA) is 43.8 Å². The number of hydrogen-bond acceptors (Lipinski definition) is 2. The molecular formula is C13H15Cl2N3. The Morgan fingerprint density at radius 1 is 1.33 bits per heavy atom. The first-order chi connectivity index (χ1) is 8.56. The average molecular weight is 284 g/mol. The van der Waals surface area contributed by atoms with Crippen LogP contribution in [0.2, 0.25) is 10.0 Å². The number of benzene rings is 1. The monoisotopic (exact) mass is 283 g/mol. The highest BCUT2D eigenvalue weighted by atomic mass is 35.5. The van der Waals surface area contributed by atoms with Crippen molar-refractivity contribution in [2.24, 2.45) is 5.73 Å². The van der Waals surface area contributed by atoms with Crippen LogP contribution < -0.4 is 5.73 Å². The summed E-state index contributed by atoms with van der Waals surface area (Å²) < 4.78 is 1.96. The van der Waals surface area contributed by atoms with E-state index in [4.69, 9.17) is 28.9 Å². The molecule has 1 aromatic heterocycles. The zero-order valence-electron chi connectivity index (χ0n) is 10.1. The standard InChI is InChI=1S/C13H15Cl2N3/c1-9(16)5-10-6-18(8-17-10)7-11-12(14)3-2-4-13(11)15/h2-4,6,8-9H,5,7,16H2,1H3. The Bertz CT molecular complexity index is 515. The van der Waals surface area contributed by atoms with E-state index < -0.39 is 0 Å². The van der Waals surface area contributed by atoms with Crippen molar-refractivity contribution in [3.8, 4) is 0 Å². The van der Waals surface area contributed by atoms with Crippen LogP contribution in [0.25, 0.3) is 0 Å². The van der Waals surface area contributed by atoms with Crippen LogP contribution in [0.5, 0.6) is 0 Å². The summed E-state index contributed by atoms with van der Waals surface area (Å²) in [6.07, 6.45) is 4.52. The molecule has 2 N–H and O–H groups in total. The largest absolute Gasteiger partial charge is 0.333 e. The molecule has 1 unspecified atom stereocenters. The number of imidazole rings is 1. The fraction of sp³-hybridized carbons (Fsp3) is 0.308. The average Bonchev–Trinajstić information content (AvgIpc) is 2.70. The molecule has 0 aliphatic rings. The number of nitrogens with zero attached hydrogens (tertiary/aromatic N) is 2. The van der Waals surface area contributed by atoms with Gasteiger partial charge in [0.25, 0.3) is 0 Å². The Morgan fingerprint density at radius 3 is 2.61 bits per heavy atom. The molecule has 1 aromatic carbocycles. The summed E-state index contributed by atoms with van der Waals surface area (Å²) in [7, 11) is 0. The van der Waals surface area contributed by atoms with Crippen molar-refractivity contribution in [3.63, 3.8) is 0 Å². The second-order valence-corrected chi connectivity index (χ2v) is 5.23. The Hall–Kier alpha value is -1.03. The van der Waals surface area contributed by atoms with E-state index in [1.165, 1.54) is 0 Å². The molecular weight excluding hydrogens is 269 g/mol. The van der Waals surface area contributed by atoms with E-state index in [0.29, 0.717) is 16.6 Å². The Balaban J connectivity index is 2.16. The van der Waals surface area contributed by atoms with Crippen LogP contribution in [0.1, 0.15) is 18.2 Å². The molecule has 2 rings (SSSR count). The first kappa shape index (κ1) is 13.4. The van der Waals surface area contributed by atoms with Gasteiger partial charge in [0.05, 0.1) is 18.6 Å². The lowest BCUT2D eigenvalue weighted by Crippen LogP contribution is -2.17. The predicted molar refractivity (Wildman–Crippen MR) is 75.1 cm³/mol. The molecule has 1 atom stereocenters. The second kappa shape index (κ2) is 5.74. The third-order valence-electron chi connectivity index (χ3n) is 2.62. The van der Waals surface area contributed by atoms with Gasteiger partial charge in [-0.25, -0.2) is 4.98 Å². The van der Waals surface area contributed by atoms with Crippen molar-refractivity contribution in [2.45, 2.75) is 25.9 Å². The summed E-state index contributed by atoms with van der Waals surface area (Å²) in [5.74, 6) is 0. The zero-order chi connectivity index (χ0) is 13.1. The summed E-state index contributed by atoms with van der Waals surface area (Å²) in [4.78, 5) is 4.31. The number of aromatic nitrogens is 2. The summed E-state index contributed by atoms with van der Waals surface area (Å²) in [6, 6.07) is 5.62. The first-order valence-corrected chi connectivity index (χ1v) is 6.51. The van der Waals surface area contributed by atoms with E-state index in [0.717, 1.165) is 17.7 Å². The summed E-state index contributed by atoms with van der Waals surface area (Å²) in [5.41, 5.74) is 7.63. The second-order valence-electron chi connectivity index (χ2n) is 4.42. The van der Waals surface area contributed by atoms with Crippen LogP contribution in [0.3, 0.4) is 0 Å². The van der Waals surface area contributed by atoms with Crippen molar-refractivity contribution in [2.75, 3.05) is 0 Å². The molecule has 18 heavy (non-hydrogen) atoms. The summed E-state index contributed by atoms with van der Waals surface area (Å²) in [6.45, 7) is 2.58. The van der Waals surface area contributed by atoms with E-state index in [1.54, 1.807) is 6.33 Å². The van der Waals surface area contributed by atoms with Gasteiger partial charge in [0.1, 0.15) is 0 Å². The van der Waals surface area contributed by atoms with Gasteiger partial charge in [-0.15, -0.1) is 0 Å². The maximum Gasteiger partial charge on any atom is 0.0952 e. The molecule has 96 valence electrons. The van der Waals surface area contributed by atoms with Gasteiger partial charge in [-0.1, -0.05) is 29.3 Å². The van der Waals surface area contributed by atoms with Gasteiger partial charge in [0, 0.05) is 34.3 Å². The molecule has 1 heterocycles. The first-order valence-electron chi connectivity index (χ1n) is 5.75. The van der Waals surface area contributed by atoms with E-state index >= 15 is 0 Å². The zero-order valence-corrected chi connectivity index (χ0v) is 11.6. The van der Waals surface area contributed by atoms with Crippen LogP contribution in [0.15, 0.2) is 30.7 Å². The van der Waals surface area contributed by atoms with E-state index in [-0.39, 0.29) is 6.04 Å². The van der Waals surface area contributed by atoms with Crippen molar-refractivity contribution in [1.82, 2.24) is 9.55 Å². The van der Waals surface area contributed by atoms with Gasteiger partial charge in [0.2, 0.25) is 0 Å². The van der Waals surface area contributed by atoms with Gasteiger partial charge in [-0.3, -0.25) is 0 Å². The molecule has 0 amide bonds. The lowest BCUT2D eigenvalue weighted by Gasteiger charge is -2.07. The Labute approximate surface area is 117 Å². The molecule has 0 aliphatic carbocycles. The van der Waals surface area contributed by atoms with Crippen LogP contribution >= 0.6 is 23.2 Å². The molecule has 0 saturated carbocycles. The normalized spacial score (nSPS) is 12.7. The SMILES string of the molecule is CC(N)Cc1cn(Cc2c(Cl)cccc2Cl)cn1. The van der Waals surface area contributed by atoms with Crippen LogP contribution in [0, 0.1) is 0 Å². The molecule has 0 fully saturated rings. The number of nitrogens with two attached hydrogens (primary N) is 1. The number of hydrogen-bond donors (Lipinski definition) is 1. The minimum absolute atomic E-state index is 0.109. The lowest BCUT2D eigenvalue weighted by molar-refractivity contribution is 0.723. The maximum atomic E-state index is 6.13. The van der Waals surface area contributed by atoms with Crippen LogP contribution in [0.4, 0.5) is 0 Å². The number of rotatable bonds is 4. The Morgan fingerprint density at radius 2 is 2.00 bits per heavy atom. The van der Waals surface area contributed by atoms with Gasteiger partial charge >= 0.3 is 0 Å². The van der Waals surface area contributed by atoms with E-state index in [1.807, 2.05) is 35.9 Å². The third-order valence-corrected chi connectivity index (χ3v) is 3.33. The fourth-order valence-electron chi connectivity index (χ4n) is 1.79. The van der Waals surface area contributed by atoms with Gasteiger partial charge in [-0.05, 0) is 19.1 Å². The van der Waals surface area contributed by atoms with Gasteiger partial charge < -0.3 is 10.3 Å².